The van der Waals surface area contributed by atoms with E-state index in [4.69, 9.17) is 17.3 Å². The maximum atomic E-state index is 12.6. The molecule has 110 valence electrons. The standard InChI is InChI=1S/C17H19ClN2O/c1-2-10-20(16-9-4-3-8-15(16)19)17(21)12-13-6-5-7-14(18)11-13/h3-9,11H,2,10,12,19H2,1H3. The summed E-state index contributed by atoms with van der Waals surface area (Å²) < 4.78 is 0. The number of nitrogen functional groups attached to an aromatic ring is 1. The number of amides is 1. The second kappa shape index (κ2) is 7.14. The van der Waals surface area contributed by atoms with Crippen LogP contribution in [0.1, 0.15) is 18.9 Å². The van der Waals surface area contributed by atoms with Crippen LogP contribution in [-0.4, -0.2) is 12.5 Å². The summed E-state index contributed by atoms with van der Waals surface area (Å²) in [7, 11) is 0. The number of anilines is 2. The molecular weight excluding hydrogens is 284 g/mol. The SMILES string of the molecule is CCCN(C(=O)Cc1cccc(Cl)c1)c1ccccc1N. The molecule has 0 heterocycles. The zero-order valence-corrected chi connectivity index (χ0v) is 12.8. The summed E-state index contributed by atoms with van der Waals surface area (Å²) in [6, 6.07) is 14.8. The van der Waals surface area contributed by atoms with E-state index in [1.54, 1.807) is 11.0 Å². The van der Waals surface area contributed by atoms with Gasteiger partial charge in [-0.1, -0.05) is 42.8 Å². The van der Waals surface area contributed by atoms with Crippen molar-refractivity contribution in [2.75, 3.05) is 17.2 Å². The Bertz CT molecular complexity index is 628. The third-order valence-electron chi connectivity index (χ3n) is 3.22. The van der Waals surface area contributed by atoms with Crippen LogP contribution >= 0.6 is 11.6 Å². The Balaban J connectivity index is 2.22. The molecule has 3 nitrogen and oxygen atoms in total. The first-order valence-electron chi connectivity index (χ1n) is 7.01. The van der Waals surface area contributed by atoms with E-state index in [2.05, 4.69) is 0 Å². The highest BCUT2D eigenvalue weighted by atomic mass is 35.5. The molecule has 2 rings (SSSR count). The first kappa shape index (κ1) is 15.4. The number of carbonyl (C=O) groups is 1. The van der Waals surface area contributed by atoms with Gasteiger partial charge in [-0.05, 0) is 36.2 Å². The summed E-state index contributed by atoms with van der Waals surface area (Å²) >= 11 is 5.97. The smallest absolute Gasteiger partial charge is 0.231 e. The van der Waals surface area contributed by atoms with Gasteiger partial charge in [0.15, 0.2) is 0 Å². The molecule has 2 aromatic carbocycles. The molecule has 0 bridgehead atoms. The lowest BCUT2D eigenvalue weighted by molar-refractivity contribution is -0.118. The molecule has 0 aliphatic carbocycles. The molecule has 2 aromatic rings. The Hall–Kier alpha value is -2.00. The monoisotopic (exact) mass is 302 g/mol. The van der Waals surface area contributed by atoms with Crippen LogP contribution in [0.2, 0.25) is 5.02 Å². The molecule has 0 fully saturated rings. The van der Waals surface area contributed by atoms with Gasteiger partial charge >= 0.3 is 0 Å². The third-order valence-corrected chi connectivity index (χ3v) is 3.46. The topological polar surface area (TPSA) is 46.3 Å². The van der Waals surface area contributed by atoms with E-state index in [0.29, 0.717) is 23.7 Å². The maximum absolute atomic E-state index is 12.6. The van der Waals surface area contributed by atoms with Gasteiger partial charge in [0.25, 0.3) is 0 Å². The van der Waals surface area contributed by atoms with Crippen molar-refractivity contribution in [3.8, 4) is 0 Å². The minimum Gasteiger partial charge on any atom is -0.397 e. The van der Waals surface area contributed by atoms with Crippen molar-refractivity contribution in [3.63, 3.8) is 0 Å². The van der Waals surface area contributed by atoms with Gasteiger partial charge in [-0.3, -0.25) is 4.79 Å². The van der Waals surface area contributed by atoms with E-state index in [1.165, 1.54) is 0 Å². The van der Waals surface area contributed by atoms with Gasteiger partial charge in [0.05, 0.1) is 17.8 Å². The average molecular weight is 303 g/mol. The van der Waals surface area contributed by atoms with Crippen molar-refractivity contribution in [3.05, 3.63) is 59.1 Å². The number of carbonyl (C=O) groups excluding carboxylic acids is 1. The minimum atomic E-state index is 0.0250. The second-order valence-electron chi connectivity index (χ2n) is 4.91. The molecule has 4 heteroatoms. The molecule has 0 spiro atoms. The van der Waals surface area contributed by atoms with Crippen molar-refractivity contribution >= 4 is 28.9 Å². The van der Waals surface area contributed by atoms with E-state index in [9.17, 15) is 4.79 Å². The van der Waals surface area contributed by atoms with Crippen molar-refractivity contribution < 1.29 is 4.79 Å². The first-order chi connectivity index (χ1) is 10.1. The molecule has 0 aliphatic rings. The predicted octanol–water partition coefficient (Wildman–Crippen LogP) is 3.91. The van der Waals surface area contributed by atoms with E-state index < -0.39 is 0 Å². The van der Waals surface area contributed by atoms with E-state index in [0.717, 1.165) is 17.7 Å². The molecule has 1 amide bonds. The number of nitrogens with two attached hydrogens (primary N) is 1. The van der Waals surface area contributed by atoms with Crippen LogP contribution < -0.4 is 10.6 Å². The number of benzene rings is 2. The van der Waals surface area contributed by atoms with Crippen molar-refractivity contribution in [2.24, 2.45) is 0 Å². The van der Waals surface area contributed by atoms with Crippen LogP contribution in [0.25, 0.3) is 0 Å². The Morgan fingerprint density at radius 2 is 1.95 bits per heavy atom. The zero-order valence-electron chi connectivity index (χ0n) is 12.1. The largest absolute Gasteiger partial charge is 0.397 e. The summed E-state index contributed by atoms with van der Waals surface area (Å²) in [4.78, 5) is 14.3. The van der Waals surface area contributed by atoms with E-state index >= 15 is 0 Å². The molecule has 0 aliphatic heterocycles. The summed E-state index contributed by atoms with van der Waals surface area (Å²) in [5, 5.41) is 0.640. The number of rotatable bonds is 5. The summed E-state index contributed by atoms with van der Waals surface area (Å²) in [5.41, 5.74) is 8.28. The fourth-order valence-corrected chi connectivity index (χ4v) is 2.47. The lowest BCUT2D eigenvalue weighted by Gasteiger charge is -2.24. The molecule has 2 N–H and O–H groups in total. The van der Waals surface area contributed by atoms with Gasteiger partial charge < -0.3 is 10.6 Å². The van der Waals surface area contributed by atoms with Gasteiger partial charge in [0, 0.05) is 11.6 Å². The number of hydrogen-bond donors (Lipinski definition) is 1. The van der Waals surface area contributed by atoms with Crippen molar-refractivity contribution in [2.45, 2.75) is 19.8 Å². The van der Waals surface area contributed by atoms with E-state index in [1.807, 2.05) is 49.4 Å². The average Bonchev–Trinajstić information content (AvgIpc) is 2.45. The number of hydrogen-bond acceptors (Lipinski definition) is 2. The highest BCUT2D eigenvalue weighted by Gasteiger charge is 2.17. The lowest BCUT2D eigenvalue weighted by Crippen LogP contribution is -2.33. The lowest BCUT2D eigenvalue weighted by atomic mass is 10.1. The molecule has 0 atom stereocenters. The van der Waals surface area contributed by atoms with Crippen LogP contribution in [0.3, 0.4) is 0 Å². The Kier molecular flexibility index (Phi) is 5.23. The van der Waals surface area contributed by atoms with Crippen LogP contribution in [-0.2, 0) is 11.2 Å². The van der Waals surface area contributed by atoms with Crippen LogP contribution in [0.15, 0.2) is 48.5 Å². The molecule has 0 aromatic heterocycles. The third kappa shape index (κ3) is 3.99. The summed E-state index contributed by atoms with van der Waals surface area (Å²) in [5.74, 6) is 0.0250. The summed E-state index contributed by atoms with van der Waals surface area (Å²) in [6.45, 7) is 2.69. The predicted molar refractivity (Wildman–Crippen MR) is 88.7 cm³/mol. The van der Waals surface area contributed by atoms with Crippen LogP contribution in [0.4, 0.5) is 11.4 Å². The second-order valence-corrected chi connectivity index (χ2v) is 5.35. The number of para-hydroxylation sites is 2. The summed E-state index contributed by atoms with van der Waals surface area (Å²) in [6.07, 6.45) is 1.19. The Labute approximate surface area is 130 Å². The van der Waals surface area contributed by atoms with Gasteiger partial charge in [0.1, 0.15) is 0 Å². The minimum absolute atomic E-state index is 0.0250. The molecule has 0 saturated heterocycles. The fourth-order valence-electron chi connectivity index (χ4n) is 2.25. The first-order valence-corrected chi connectivity index (χ1v) is 7.39. The van der Waals surface area contributed by atoms with Crippen molar-refractivity contribution in [1.82, 2.24) is 0 Å². The number of nitrogens with zero attached hydrogens (tertiary/aromatic N) is 1. The quantitative estimate of drug-likeness (QED) is 0.851. The zero-order chi connectivity index (χ0) is 15.2. The fraction of sp³-hybridized carbons (Fsp3) is 0.235. The molecular formula is C17H19ClN2O. The number of halogens is 1. The highest BCUT2D eigenvalue weighted by molar-refractivity contribution is 6.30. The molecule has 21 heavy (non-hydrogen) atoms. The van der Waals surface area contributed by atoms with Crippen LogP contribution in [0.5, 0.6) is 0 Å². The normalized spacial score (nSPS) is 10.4. The van der Waals surface area contributed by atoms with Crippen LogP contribution in [0, 0.1) is 0 Å². The maximum Gasteiger partial charge on any atom is 0.231 e. The molecule has 0 saturated carbocycles. The van der Waals surface area contributed by atoms with Gasteiger partial charge in [-0.25, -0.2) is 0 Å². The Morgan fingerprint density at radius 1 is 1.19 bits per heavy atom. The molecule has 0 unspecified atom stereocenters. The van der Waals surface area contributed by atoms with E-state index in [-0.39, 0.29) is 5.91 Å². The Morgan fingerprint density at radius 3 is 2.62 bits per heavy atom. The molecule has 0 radical (unpaired) electrons. The van der Waals surface area contributed by atoms with Gasteiger partial charge in [-0.15, -0.1) is 0 Å². The highest BCUT2D eigenvalue weighted by Crippen LogP contribution is 2.24. The van der Waals surface area contributed by atoms with Gasteiger partial charge in [-0.2, -0.15) is 0 Å². The van der Waals surface area contributed by atoms with Gasteiger partial charge in [0.2, 0.25) is 5.91 Å². The van der Waals surface area contributed by atoms with Crippen molar-refractivity contribution in [1.29, 1.82) is 0 Å².